The molecule has 0 atom stereocenters. The zero-order valence-electron chi connectivity index (χ0n) is 13.4. The predicted molar refractivity (Wildman–Crippen MR) is 99.4 cm³/mol. The molecule has 1 amide bonds. The molecule has 0 aliphatic rings. The summed E-state index contributed by atoms with van der Waals surface area (Å²) in [6, 6.07) is 25.2. The van der Waals surface area contributed by atoms with Crippen molar-refractivity contribution < 1.29 is 4.79 Å². The molecule has 120 valence electrons. The van der Waals surface area contributed by atoms with Gasteiger partial charge in [0, 0.05) is 17.3 Å². The van der Waals surface area contributed by atoms with Gasteiger partial charge in [-0.1, -0.05) is 54.6 Å². The van der Waals surface area contributed by atoms with E-state index in [9.17, 15) is 4.79 Å². The van der Waals surface area contributed by atoms with E-state index >= 15 is 0 Å². The van der Waals surface area contributed by atoms with E-state index in [2.05, 4.69) is 39.6 Å². The van der Waals surface area contributed by atoms with Crippen LogP contribution in [0.1, 0.15) is 10.4 Å². The molecule has 0 unspecified atom stereocenters. The number of amides is 1. The number of rotatable bonds is 3. The van der Waals surface area contributed by atoms with E-state index < -0.39 is 0 Å². The fraction of sp³-hybridized carbons (Fsp3) is 0. The van der Waals surface area contributed by atoms with E-state index in [0.717, 1.165) is 16.6 Å². The lowest BCUT2D eigenvalue weighted by atomic mass is 10.1. The third kappa shape index (κ3) is 3.23. The van der Waals surface area contributed by atoms with Crippen molar-refractivity contribution in [3.8, 4) is 11.3 Å². The molecule has 0 saturated heterocycles. The minimum absolute atomic E-state index is 0.226. The van der Waals surface area contributed by atoms with Gasteiger partial charge >= 0.3 is 0 Å². The molecule has 1 heterocycles. The molecule has 0 saturated carbocycles. The number of carbonyl (C=O) groups is 1. The Labute approximate surface area is 145 Å². The van der Waals surface area contributed by atoms with Crippen LogP contribution in [0.25, 0.3) is 22.0 Å². The molecular weight excluding hydrogens is 310 g/mol. The molecule has 0 aliphatic carbocycles. The Morgan fingerprint density at radius 3 is 2.40 bits per heavy atom. The molecule has 4 heteroatoms. The smallest absolute Gasteiger partial charge is 0.258 e. The number of carbonyl (C=O) groups excluding carboxylic acids is 1. The minimum atomic E-state index is -0.226. The van der Waals surface area contributed by atoms with Gasteiger partial charge in [0.2, 0.25) is 5.95 Å². The molecule has 0 spiro atoms. The van der Waals surface area contributed by atoms with Crippen molar-refractivity contribution in [2.75, 3.05) is 5.32 Å². The van der Waals surface area contributed by atoms with Gasteiger partial charge in [0.1, 0.15) is 0 Å². The highest BCUT2D eigenvalue weighted by Crippen LogP contribution is 2.23. The largest absolute Gasteiger partial charge is 0.290 e. The van der Waals surface area contributed by atoms with E-state index in [1.54, 1.807) is 18.3 Å². The van der Waals surface area contributed by atoms with E-state index in [4.69, 9.17) is 0 Å². The summed E-state index contributed by atoms with van der Waals surface area (Å²) in [4.78, 5) is 20.9. The summed E-state index contributed by atoms with van der Waals surface area (Å²) in [6.45, 7) is 0. The molecule has 4 aromatic rings. The zero-order chi connectivity index (χ0) is 17.1. The number of nitrogens with one attached hydrogen (secondary N) is 1. The maximum atomic E-state index is 12.2. The van der Waals surface area contributed by atoms with Crippen molar-refractivity contribution in [2.24, 2.45) is 0 Å². The molecule has 1 N–H and O–H groups in total. The van der Waals surface area contributed by atoms with Gasteiger partial charge in [-0.3, -0.25) is 10.1 Å². The summed E-state index contributed by atoms with van der Waals surface area (Å²) in [5.41, 5.74) is 2.32. The van der Waals surface area contributed by atoms with Crippen LogP contribution < -0.4 is 5.32 Å². The van der Waals surface area contributed by atoms with Crippen molar-refractivity contribution in [3.63, 3.8) is 0 Å². The molecule has 4 nitrogen and oxygen atoms in total. The first kappa shape index (κ1) is 15.0. The maximum absolute atomic E-state index is 12.2. The van der Waals surface area contributed by atoms with Crippen molar-refractivity contribution in [2.45, 2.75) is 0 Å². The Morgan fingerprint density at radius 2 is 1.56 bits per heavy atom. The Hall–Kier alpha value is -3.53. The van der Waals surface area contributed by atoms with Crippen LogP contribution in [-0.2, 0) is 0 Å². The normalized spacial score (nSPS) is 10.6. The Morgan fingerprint density at radius 1 is 0.800 bits per heavy atom. The van der Waals surface area contributed by atoms with Gasteiger partial charge in [0.15, 0.2) is 0 Å². The maximum Gasteiger partial charge on any atom is 0.258 e. The topological polar surface area (TPSA) is 54.9 Å². The van der Waals surface area contributed by atoms with Crippen LogP contribution in [0.2, 0.25) is 0 Å². The van der Waals surface area contributed by atoms with Crippen molar-refractivity contribution >= 4 is 22.6 Å². The SMILES string of the molecule is O=C(Nc1nccc(-c2ccc3ccccc3c2)n1)c1ccccc1. The molecule has 0 radical (unpaired) electrons. The molecular formula is C21H15N3O. The number of fused-ring (bicyclic) bond motifs is 1. The van der Waals surface area contributed by atoms with Gasteiger partial charge in [-0.05, 0) is 35.0 Å². The van der Waals surface area contributed by atoms with Gasteiger partial charge < -0.3 is 0 Å². The lowest BCUT2D eigenvalue weighted by Gasteiger charge is -2.07. The van der Waals surface area contributed by atoms with Crippen LogP contribution in [0.5, 0.6) is 0 Å². The highest BCUT2D eigenvalue weighted by Gasteiger charge is 2.08. The molecule has 3 aromatic carbocycles. The lowest BCUT2D eigenvalue weighted by Crippen LogP contribution is -2.14. The second-order valence-electron chi connectivity index (χ2n) is 5.65. The predicted octanol–water partition coefficient (Wildman–Crippen LogP) is 4.55. The highest BCUT2D eigenvalue weighted by atomic mass is 16.1. The van der Waals surface area contributed by atoms with E-state index in [1.807, 2.05) is 42.5 Å². The van der Waals surface area contributed by atoms with Crippen molar-refractivity contribution in [3.05, 3.63) is 90.6 Å². The number of aromatic nitrogens is 2. The third-order valence-corrected chi connectivity index (χ3v) is 3.96. The first-order chi connectivity index (χ1) is 12.3. The molecule has 25 heavy (non-hydrogen) atoms. The van der Waals surface area contributed by atoms with Crippen molar-refractivity contribution in [1.29, 1.82) is 0 Å². The average Bonchev–Trinajstić information content (AvgIpc) is 2.68. The summed E-state index contributed by atoms with van der Waals surface area (Å²) in [6.07, 6.45) is 1.65. The summed E-state index contributed by atoms with van der Waals surface area (Å²) >= 11 is 0. The Balaban J connectivity index is 1.63. The van der Waals surface area contributed by atoms with Gasteiger partial charge in [0.05, 0.1) is 5.69 Å². The zero-order valence-corrected chi connectivity index (χ0v) is 13.4. The average molecular weight is 325 g/mol. The fourth-order valence-electron chi connectivity index (χ4n) is 2.69. The number of hydrogen-bond acceptors (Lipinski definition) is 3. The Bertz CT molecular complexity index is 1040. The van der Waals surface area contributed by atoms with Gasteiger partial charge in [-0.15, -0.1) is 0 Å². The first-order valence-corrected chi connectivity index (χ1v) is 7.98. The van der Waals surface area contributed by atoms with E-state index in [-0.39, 0.29) is 5.91 Å². The second-order valence-corrected chi connectivity index (χ2v) is 5.65. The highest BCUT2D eigenvalue weighted by molar-refractivity contribution is 6.03. The fourth-order valence-corrected chi connectivity index (χ4v) is 2.69. The quantitative estimate of drug-likeness (QED) is 0.601. The molecule has 0 aliphatic heterocycles. The van der Waals surface area contributed by atoms with Gasteiger partial charge in [0.25, 0.3) is 5.91 Å². The summed E-state index contributed by atoms with van der Waals surface area (Å²) in [5.74, 6) is 0.0655. The van der Waals surface area contributed by atoms with E-state index in [0.29, 0.717) is 11.5 Å². The Kier molecular flexibility index (Phi) is 3.92. The van der Waals surface area contributed by atoms with Gasteiger partial charge in [-0.2, -0.15) is 0 Å². The second kappa shape index (κ2) is 6.53. The number of anilines is 1. The van der Waals surface area contributed by atoms with Crippen LogP contribution in [-0.4, -0.2) is 15.9 Å². The lowest BCUT2D eigenvalue weighted by molar-refractivity contribution is 0.102. The summed E-state index contributed by atoms with van der Waals surface area (Å²) < 4.78 is 0. The van der Waals surface area contributed by atoms with Gasteiger partial charge in [-0.25, -0.2) is 9.97 Å². The summed E-state index contributed by atoms with van der Waals surface area (Å²) in [5, 5.41) is 5.07. The summed E-state index contributed by atoms with van der Waals surface area (Å²) in [7, 11) is 0. The van der Waals surface area contributed by atoms with Crippen LogP contribution >= 0.6 is 0 Å². The van der Waals surface area contributed by atoms with Crippen LogP contribution in [0.15, 0.2) is 85.1 Å². The number of nitrogens with zero attached hydrogens (tertiary/aromatic N) is 2. The van der Waals surface area contributed by atoms with Crippen molar-refractivity contribution in [1.82, 2.24) is 9.97 Å². The molecule has 1 aromatic heterocycles. The van der Waals surface area contributed by atoms with E-state index in [1.165, 1.54) is 5.39 Å². The third-order valence-electron chi connectivity index (χ3n) is 3.96. The number of hydrogen-bond donors (Lipinski definition) is 1. The molecule has 0 fully saturated rings. The van der Waals surface area contributed by atoms with Crippen LogP contribution in [0.4, 0.5) is 5.95 Å². The first-order valence-electron chi connectivity index (χ1n) is 7.98. The monoisotopic (exact) mass is 325 g/mol. The van der Waals surface area contributed by atoms with Crippen LogP contribution in [0.3, 0.4) is 0 Å². The molecule has 0 bridgehead atoms. The minimum Gasteiger partial charge on any atom is -0.290 e. The standard InChI is InChI=1S/C21H15N3O/c25-20(16-7-2-1-3-8-16)24-21-22-13-12-19(23-21)18-11-10-15-6-4-5-9-17(15)14-18/h1-14H,(H,22,23,24,25). The number of benzene rings is 3. The van der Waals surface area contributed by atoms with Crippen LogP contribution in [0, 0.1) is 0 Å². The molecule has 4 rings (SSSR count).